The van der Waals surface area contributed by atoms with E-state index >= 15 is 0 Å². The molecule has 114 valence electrons. The van der Waals surface area contributed by atoms with Crippen molar-refractivity contribution in [1.82, 2.24) is 15.1 Å². The minimum atomic E-state index is 0.620. The summed E-state index contributed by atoms with van der Waals surface area (Å²) in [4.78, 5) is 0. The van der Waals surface area contributed by atoms with Gasteiger partial charge in [-0.3, -0.25) is 4.68 Å². The second-order valence-electron chi connectivity index (χ2n) is 5.03. The molecule has 0 atom stereocenters. The number of hydrogen-bond donors (Lipinski definition) is 1. The van der Waals surface area contributed by atoms with Crippen LogP contribution in [0.4, 0.5) is 0 Å². The van der Waals surface area contributed by atoms with E-state index in [-0.39, 0.29) is 0 Å². The molecular weight excluding hydrogens is 330 g/mol. The molecule has 0 fully saturated rings. The van der Waals surface area contributed by atoms with Crippen LogP contribution in [0.3, 0.4) is 0 Å². The minimum absolute atomic E-state index is 0.620. The third-order valence-electron chi connectivity index (χ3n) is 3.54. The number of halogens is 1. The number of hydrogen-bond acceptors (Lipinski definition) is 3. The standard InChI is InChI=1S/C16H22BrN3O/c1-12-16(8-9-18-3)13(2)20(19-12)10-11-21-15-6-4-14(17)5-7-15/h4-7,18H,8-11H2,1-3H3. The van der Waals surface area contributed by atoms with Gasteiger partial charge in [-0.2, -0.15) is 5.10 Å². The SMILES string of the molecule is CNCCc1c(C)nn(CCOc2ccc(Br)cc2)c1C. The third kappa shape index (κ3) is 4.32. The van der Waals surface area contributed by atoms with Gasteiger partial charge >= 0.3 is 0 Å². The molecular formula is C16H22BrN3O. The number of benzene rings is 1. The number of likely N-dealkylation sites (N-methyl/N-ethyl adjacent to an activating group) is 1. The van der Waals surface area contributed by atoms with Crippen molar-refractivity contribution in [1.29, 1.82) is 0 Å². The summed E-state index contributed by atoms with van der Waals surface area (Å²) in [6.07, 6.45) is 1.02. The fraction of sp³-hybridized carbons (Fsp3) is 0.438. The van der Waals surface area contributed by atoms with Crippen molar-refractivity contribution in [3.63, 3.8) is 0 Å². The molecule has 1 N–H and O–H groups in total. The highest BCUT2D eigenvalue weighted by Crippen LogP contribution is 2.17. The summed E-state index contributed by atoms with van der Waals surface area (Å²) in [6.45, 7) is 6.56. The van der Waals surface area contributed by atoms with Crippen molar-refractivity contribution >= 4 is 15.9 Å². The third-order valence-corrected chi connectivity index (χ3v) is 4.07. The van der Waals surface area contributed by atoms with Crippen molar-refractivity contribution in [2.24, 2.45) is 0 Å². The van der Waals surface area contributed by atoms with Crippen LogP contribution in [0.5, 0.6) is 5.75 Å². The van der Waals surface area contributed by atoms with Gasteiger partial charge in [-0.05, 0) is 63.7 Å². The molecule has 1 aromatic heterocycles. The lowest BCUT2D eigenvalue weighted by atomic mass is 10.1. The summed E-state index contributed by atoms with van der Waals surface area (Å²) in [7, 11) is 1.97. The first kappa shape index (κ1) is 16.0. The smallest absolute Gasteiger partial charge is 0.119 e. The predicted octanol–water partition coefficient (Wildman–Crippen LogP) is 3.10. The van der Waals surface area contributed by atoms with E-state index in [1.165, 1.54) is 11.3 Å². The monoisotopic (exact) mass is 351 g/mol. The van der Waals surface area contributed by atoms with Crippen LogP contribution < -0.4 is 10.1 Å². The first-order valence-corrected chi connectivity index (χ1v) is 7.97. The number of rotatable bonds is 7. The molecule has 0 amide bonds. The maximum Gasteiger partial charge on any atom is 0.119 e. The van der Waals surface area contributed by atoms with Gasteiger partial charge in [0.05, 0.1) is 12.2 Å². The zero-order valence-corrected chi connectivity index (χ0v) is 14.4. The van der Waals surface area contributed by atoms with Gasteiger partial charge in [0.15, 0.2) is 0 Å². The van der Waals surface area contributed by atoms with Crippen LogP contribution in [-0.2, 0) is 13.0 Å². The average Bonchev–Trinajstić information content (AvgIpc) is 2.74. The molecule has 2 rings (SSSR count). The first-order valence-electron chi connectivity index (χ1n) is 7.17. The summed E-state index contributed by atoms with van der Waals surface area (Å²) >= 11 is 3.42. The van der Waals surface area contributed by atoms with E-state index in [0.717, 1.165) is 35.4 Å². The van der Waals surface area contributed by atoms with Gasteiger partial charge in [0.25, 0.3) is 0 Å². The fourth-order valence-corrected chi connectivity index (χ4v) is 2.61. The summed E-state index contributed by atoms with van der Waals surface area (Å²) in [5, 5.41) is 7.79. The zero-order valence-electron chi connectivity index (χ0n) is 12.8. The molecule has 0 radical (unpaired) electrons. The first-order chi connectivity index (χ1) is 10.1. The Morgan fingerprint density at radius 3 is 2.62 bits per heavy atom. The molecule has 0 spiro atoms. The van der Waals surface area contributed by atoms with Crippen LogP contribution in [-0.4, -0.2) is 30.0 Å². The van der Waals surface area contributed by atoms with E-state index in [2.05, 4.69) is 40.2 Å². The Morgan fingerprint density at radius 2 is 1.95 bits per heavy atom. The Hall–Kier alpha value is -1.33. The number of aryl methyl sites for hydroxylation is 1. The van der Waals surface area contributed by atoms with Crippen LogP contribution in [0.1, 0.15) is 17.0 Å². The maximum absolute atomic E-state index is 5.76. The molecule has 0 unspecified atom stereocenters. The van der Waals surface area contributed by atoms with Crippen molar-refractivity contribution in [3.8, 4) is 5.75 Å². The summed E-state index contributed by atoms with van der Waals surface area (Å²) in [5.41, 5.74) is 3.70. The van der Waals surface area contributed by atoms with Crippen LogP contribution in [0.15, 0.2) is 28.7 Å². The predicted molar refractivity (Wildman–Crippen MR) is 89.0 cm³/mol. The summed E-state index contributed by atoms with van der Waals surface area (Å²) < 4.78 is 8.85. The molecule has 21 heavy (non-hydrogen) atoms. The normalized spacial score (nSPS) is 10.9. The molecule has 0 saturated heterocycles. The topological polar surface area (TPSA) is 39.1 Å². The fourth-order valence-electron chi connectivity index (χ4n) is 2.34. The van der Waals surface area contributed by atoms with Gasteiger partial charge in [-0.25, -0.2) is 0 Å². The van der Waals surface area contributed by atoms with Crippen LogP contribution in [0, 0.1) is 13.8 Å². The quantitative estimate of drug-likeness (QED) is 0.832. The van der Waals surface area contributed by atoms with Gasteiger partial charge in [-0.1, -0.05) is 15.9 Å². The lowest BCUT2D eigenvalue weighted by Crippen LogP contribution is -2.13. The largest absolute Gasteiger partial charge is 0.492 e. The Bertz CT molecular complexity index is 578. The molecule has 4 nitrogen and oxygen atoms in total. The molecule has 5 heteroatoms. The molecule has 1 heterocycles. The van der Waals surface area contributed by atoms with Crippen molar-refractivity contribution in [2.45, 2.75) is 26.8 Å². The Balaban J connectivity index is 1.92. The van der Waals surface area contributed by atoms with E-state index in [0.29, 0.717) is 6.61 Å². The van der Waals surface area contributed by atoms with Gasteiger partial charge < -0.3 is 10.1 Å². The van der Waals surface area contributed by atoms with Crippen molar-refractivity contribution in [2.75, 3.05) is 20.2 Å². The number of ether oxygens (including phenoxy) is 1. The van der Waals surface area contributed by atoms with E-state index < -0.39 is 0 Å². The lowest BCUT2D eigenvalue weighted by molar-refractivity contribution is 0.289. The van der Waals surface area contributed by atoms with Crippen molar-refractivity contribution < 1.29 is 4.74 Å². The zero-order chi connectivity index (χ0) is 15.2. The average molecular weight is 352 g/mol. The minimum Gasteiger partial charge on any atom is -0.492 e. The van der Waals surface area contributed by atoms with E-state index in [9.17, 15) is 0 Å². The van der Waals surface area contributed by atoms with Crippen LogP contribution in [0.2, 0.25) is 0 Å². The van der Waals surface area contributed by atoms with Gasteiger partial charge in [0, 0.05) is 10.2 Å². The highest BCUT2D eigenvalue weighted by atomic mass is 79.9. The molecule has 0 saturated carbocycles. The Labute approximate surface area is 134 Å². The second kappa shape index (κ2) is 7.61. The van der Waals surface area contributed by atoms with E-state index in [4.69, 9.17) is 4.74 Å². The van der Waals surface area contributed by atoms with E-state index in [1.807, 2.05) is 36.0 Å². The number of nitrogens with one attached hydrogen (secondary N) is 1. The van der Waals surface area contributed by atoms with Crippen LogP contribution >= 0.6 is 15.9 Å². The Morgan fingerprint density at radius 1 is 1.24 bits per heavy atom. The Kier molecular flexibility index (Phi) is 5.82. The van der Waals surface area contributed by atoms with E-state index in [1.54, 1.807) is 0 Å². The van der Waals surface area contributed by atoms with Crippen LogP contribution in [0.25, 0.3) is 0 Å². The lowest BCUT2D eigenvalue weighted by Gasteiger charge is -2.08. The van der Waals surface area contributed by atoms with Gasteiger partial charge in [0.2, 0.25) is 0 Å². The summed E-state index contributed by atoms with van der Waals surface area (Å²) in [5.74, 6) is 0.884. The molecule has 0 aliphatic heterocycles. The van der Waals surface area contributed by atoms with Crippen molar-refractivity contribution in [3.05, 3.63) is 45.7 Å². The summed E-state index contributed by atoms with van der Waals surface area (Å²) in [6, 6.07) is 7.89. The van der Waals surface area contributed by atoms with Gasteiger partial charge in [0.1, 0.15) is 12.4 Å². The molecule has 0 aliphatic rings. The molecule has 1 aromatic carbocycles. The number of nitrogens with zero attached hydrogens (tertiary/aromatic N) is 2. The molecule has 0 bridgehead atoms. The number of aromatic nitrogens is 2. The maximum atomic E-state index is 5.76. The second-order valence-corrected chi connectivity index (χ2v) is 5.94. The van der Waals surface area contributed by atoms with Gasteiger partial charge in [-0.15, -0.1) is 0 Å². The molecule has 2 aromatic rings. The highest BCUT2D eigenvalue weighted by molar-refractivity contribution is 9.10. The highest BCUT2D eigenvalue weighted by Gasteiger charge is 2.10. The molecule has 0 aliphatic carbocycles.